The molecule has 0 heterocycles. The van der Waals surface area contributed by atoms with Crippen molar-refractivity contribution in [3.05, 3.63) is 0 Å². The Morgan fingerprint density at radius 3 is 2.65 bits per heavy atom. The van der Waals surface area contributed by atoms with Crippen LogP contribution in [0.4, 0.5) is 0 Å². The molecule has 5 nitrogen and oxygen atoms in total. The molecule has 100 valence electrons. The van der Waals surface area contributed by atoms with Crippen LogP contribution in [0.1, 0.15) is 25.7 Å². The van der Waals surface area contributed by atoms with E-state index >= 15 is 0 Å². The molecule has 1 saturated carbocycles. The minimum atomic E-state index is -0.606. The van der Waals surface area contributed by atoms with Crippen molar-refractivity contribution in [2.75, 3.05) is 40.4 Å². The lowest BCUT2D eigenvalue weighted by Crippen LogP contribution is -2.53. The van der Waals surface area contributed by atoms with E-state index in [0.29, 0.717) is 13.2 Å². The van der Waals surface area contributed by atoms with Gasteiger partial charge in [0.25, 0.3) is 0 Å². The van der Waals surface area contributed by atoms with E-state index in [1.54, 1.807) is 7.11 Å². The highest BCUT2D eigenvalue weighted by Gasteiger charge is 2.36. The van der Waals surface area contributed by atoms with Crippen molar-refractivity contribution in [2.45, 2.75) is 31.2 Å². The third-order valence-corrected chi connectivity index (χ3v) is 3.40. The van der Waals surface area contributed by atoms with Crippen molar-refractivity contribution >= 4 is 5.91 Å². The van der Waals surface area contributed by atoms with Crippen LogP contribution < -0.4 is 11.1 Å². The lowest BCUT2D eigenvalue weighted by molar-refractivity contribution is -0.126. The van der Waals surface area contributed by atoms with Crippen molar-refractivity contribution in [1.82, 2.24) is 10.2 Å². The first-order valence-electron chi connectivity index (χ1n) is 6.33. The number of nitrogens with two attached hydrogens (primary N) is 1. The third kappa shape index (κ3) is 4.61. The minimum absolute atomic E-state index is 0.00939. The Kier molecular flexibility index (Phi) is 5.88. The Labute approximate surface area is 104 Å². The number of hydrogen-bond donors (Lipinski definition) is 2. The lowest BCUT2D eigenvalue weighted by Gasteiger charge is -2.23. The number of amides is 1. The average Bonchev–Trinajstić information content (AvgIpc) is 2.74. The molecule has 17 heavy (non-hydrogen) atoms. The fourth-order valence-electron chi connectivity index (χ4n) is 2.13. The van der Waals surface area contributed by atoms with Gasteiger partial charge in [-0.1, -0.05) is 12.8 Å². The molecule has 0 aromatic heterocycles. The smallest absolute Gasteiger partial charge is 0.240 e. The Balaban J connectivity index is 2.15. The summed E-state index contributed by atoms with van der Waals surface area (Å²) in [5.41, 5.74) is 5.45. The van der Waals surface area contributed by atoms with Crippen molar-refractivity contribution in [3.63, 3.8) is 0 Å². The van der Waals surface area contributed by atoms with Gasteiger partial charge in [0.05, 0.1) is 12.1 Å². The Morgan fingerprint density at radius 2 is 2.06 bits per heavy atom. The number of nitrogens with one attached hydrogen (secondary N) is 1. The zero-order valence-electron chi connectivity index (χ0n) is 11.0. The molecule has 5 heteroatoms. The summed E-state index contributed by atoms with van der Waals surface area (Å²) in [6.07, 6.45) is 3.77. The lowest BCUT2D eigenvalue weighted by atomic mass is 9.98. The third-order valence-electron chi connectivity index (χ3n) is 3.40. The number of carbonyl (C=O) groups is 1. The molecule has 1 rings (SSSR count). The molecule has 1 fully saturated rings. The first-order valence-corrected chi connectivity index (χ1v) is 6.33. The first kappa shape index (κ1) is 14.4. The van der Waals surface area contributed by atoms with Crippen LogP contribution in [0.25, 0.3) is 0 Å². The van der Waals surface area contributed by atoms with Gasteiger partial charge in [-0.3, -0.25) is 4.79 Å². The summed E-state index contributed by atoms with van der Waals surface area (Å²) in [7, 11) is 3.70. The first-order chi connectivity index (χ1) is 8.08. The molecule has 0 atom stereocenters. The molecule has 3 N–H and O–H groups in total. The fourth-order valence-corrected chi connectivity index (χ4v) is 2.13. The van der Waals surface area contributed by atoms with Gasteiger partial charge in [0.1, 0.15) is 0 Å². The van der Waals surface area contributed by atoms with Gasteiger partial charge in [-0.05, 0) is 19.9 Å². The predicted octanol–water partition coefficient (Wildman–Crippen LogP) is -0.0477. The molecular formula is C12H25N3O2. The Morgan fingerprint density at radius 1 is 1.41 bits per heavy atom. The molecule has 0 unspecified atom stereocenters. The summed E-state index contributed by atoms with van der Waals surface area (Å²) in [6, 6.07) is 0. The van der Waals surface area contributed by atoms with E-state index in [-0.39, 0.29) is 5.91 Å². The van der Waals surface area contributed by atoms with Crippen LogP contribution >= 0.6 is 0 Å². The molecule has 1 amide bonds. The van der Waals surface area contributed by atoms with Gasteiger partial charge >= 0.3 is 0 Å². The number of methoxy groups -OCH3 is 1. The zero-order chi connectivity index (χ0) is 12.7. The van der Waals surface area contributed by atoms with Crippen LogP contribution in [0.3, 0.4) is 0 Å². The number of nitrogens with zero attached hydrogens (tertiary/aromatic N) is 1. The van der Waals surface area contributed by atoms with E-state index < -0.39 is 5.54 Å². The number of likely N-dealkylation sites (N-methyl/N-ethyl adjacent to an activating group) is 1. The molecule has 0 aromatic carbocycles. The van der Waals surface area contributed by atoms with Crippen LogP contribution in [0.2, 0.25) is 0 Å². The SMILES string of the molecule is COCCN(C)CCNC(=O)C1(N)CCCC1. The van der Waals surface area contributed by atoms with Gasteiger partial charge in [0, 0.05) is 26.7 Å². The van der Waals surface area contributed by atoms with Crippen LogP contribution in [0, 0.1) is 0 Å². The molecule has 0 aromatic rings. The van der Waals surface area contributed by atoms with E-state index in [2.05, 4.69) is 10.2 Å². The number of carbonyl (C=O) groups excluding carboxylic acids is 1. The van der Waals surface area contributed by atoms with Crippen LogP contribution in [0.15, 0.2) is 0 Å². The van der Waals surface area contributed by atoms with Crippen LogP contribution in [-0.4, -0.2) is 56.7 Å². The monoisotopic (exact) mass is 243 g/mol. The number of hydrogen-bond acceptors (Lipinski definition) is 4. The van der Waals surface area contributed by atoms with Crippen molar-refractivity contribution in [2.24, 2.45) is 5.73 Å². The maximum absolute atomic E-state index is 11.9. The molecular weight excluding hydrogens is 218 g/mol. The molecule has 0 radical (unpaired) electrons. The van der Waals surface area contributed by atoms with Gasteiger partial charge in [-0.2, -0.15) is 0 Å². The second kappa shape index (κ2) is 6.93. The largest absolute Gasteiger partial charge is 0.383 e. The number of ether oxygens (including phenoxy) is 1. The molecule has 0 aliphatic heterocycles. The Hall–Kier alpha value is -0.650. The maximum Gasteiger partial charge on any atom is 0.240 e. The summed E-state index contributed by atoms with van der Waals surface area (Å²) < 4.78 is 4.99. The summed E-state index contributed by atoms with van der Waals surface area (Å²) in [6.45, 7) is 3.06. The molecule has 1 aliphatic carbocycles. The minimum Gasteiger partial charge on any atom is -0.383 e. The van der Waals surface area contributed by atoms with E-state index in [0.717, 1.165) is 38.8 Å². The molecule has 0 spiro atoms. The van der Waals surface area contributed by atoms with E-state index in [1.165, 1.54) is 0 Å². The highest BCUT2D eigenvalue weighted by Crippen LogP contribution is 2.26. The van der Waals surface area contributed by atoms with E-state index in [4.69, 9.17) is 10.5 Å². The van der Waals surface area contributed by atoms with Gasteiger partial charge in [-0.25, -0.2) is 0 Å². The van der Waals surface area contributed by atoms with E-state index in [1.807, 2.05) is 7.05 Å². The standard InChI is InChI=1S/C12H25N3O2/c1-15(9-10-17-2)8-7-14-11(16)12(13)5-3-4-6-12/h3-10,13H2,1-2H3,(H,14,16). The summed E-state index contributed by atoms with van der Waals surface area (Å²) in [5.74, 6) is 0.00939. The van der Waals surface area contributed by atoms with Gasteiger partial charge in [0.15, 0.2) is 0 Å². The Bertz CT molecular complexity index is 240. The van der Waals surface area contributed by atoms with Gasteiger partial charge < -0.3 is 20.7 Å². The van der Waals surface area contributed by atoms with Crippen molar-refractivity contribution in [3.8, 4) is 0 Å². The van der Waals surface area contributed by atoms with Crippen LogP contribution in [-0.2, 0) is 9.53 Å². The average molecular weight is 243 g/mol. The quantitative estimate of drug-likeness (QED) is 0.658. The summed E-state index contributed by atoms with van der Waals surface area (Å²) in [5, 5.41) is 2.93. The summed E-state index contributed by atoms with van der Waals surface area (Å²) >= 11 is 0. The number of rotatable bonds is 7. The van der Waals surface area contributed by atoms with Crippen molar-refractivity contribution < 1.29 is 9.53 Å². The molecule has 0 saturated heterocycles. The second-order valence-electron chi connectivity index (χ2n) is 4.92. The maximum atomic E-state index is 11.9. The van der Waals surface area contributed by atoms with Gasteiger partial charge in [-0.15, -0.1) is 0 Å². The molecule has 1 aliphatic rings. The highest BCUT2D eigenvalue weighted by molar-refractivity contribution is 5.86. The summed E-state index contributed by atoms with van der Waals surface area (Å²) in [4.78, 5) is 14.0. The second-order valence-corrected chi connectivity index (χ2v) is 4.92. The van der Waals surface area contributed by atoms with Gasteiger partial charge in [0.2, 0.25) is 5.91 Å². The fraction of sp³-hybridized carbons (Fsp3) is 0.917. The van der Waals surface area contributed by atoms with Crippen molar-refractivity contribution in [1.29, 1.82) is 0 Å². The highest BCUT2D eigenvalue weighted by atomic mass is 16.5. The van der Waals surface area contributed by atoms with Crippen LogP contribution in [0.5, 0.6) is 0 Å². The zero-order valence-corrected chi connectivity index (χ0v) is 11.0. The molecule has 0 bridgehead atoms. The normalized spacial score (nSPS) is 18.6. The topological polar surface area (TPSA) is 67.6 Å². The predicted molar refractivity (Wildman–Crippen MR) is 67.8 cm³/mol. The van der Waals surface area contributed by atoms with E-state index in [9.17, 15) is 4.79 Å².